The lowest BCUT2D eigenvalue weighted by atomic mass is 10.2. The van der Waals surface area contributed by atoms with Gasteiger partial charge in [0, 0.05) is 31.8 Å². The van der Waals surface area contributed by atoms with Gasteiger partial charge >= 0.3 is 6.18 Å². The van der Waals surface area contributed by atoms with E-state index in [1.165, 1.54) is 7.05 Å². The van der Waals surface area contributed by atoms with Crippen molar-refractivity contribution in [2.45, 2.75) is 19.0 Å². The first-order valence-electron chi connectivity index (χ1n) is 6.92. The standard InChI is InChI=1S/C14H18F3N3O2/c1-18-13(19-6-5-14(15,16)17)20-10-3-4-11-12(9-10)22-8-2-7-21-11/h3-4,9H,2,5-8H2,1H3,(H2,18,19,20). The number of nitrogens with one attached hydrogen (secondary N) is 2. The van der Waals surface area contributed by atoms with Crippen LogP contribution in [0.4, 0.5) is 18.9 Å². The van der Waals surface area contributed by atoms with Crippen LogP contribution in [0.1, 0.15) is 12.8 Å². The van der Waals surface area contributed by atoms with E-state index in [1.54, 1.807) is 18.2 Å². The fourth-order valence-corrected chi connectivity index (χ4v) is 1.88. The summed E-state index contributed by atoms with van der Waals surface area (Å²) in [7, 11) is 1.49. The molecule has 0 fully saturated rings. The lowest BCUT2D eigenvalue weighted by Crippen LogP contribution is -2.33. The van der Waals surface area contributed by atoms with Gasteiger partial charge in [-0.25, -0.2) is 0 Å². The van der Waals surface area contributed by atoms with E-state index in [-0.39, 0.29) is 12.5 Å². The lowest BCUT2D eigenvalue weighted by Gasteiger charge is -2.14. The third-order valence-electron chi connectivity index (χ3n) is 2.93. The molecule has 0 saturated carbocycles. The van der Waals surface area contributed by atoms with Crippen molar-refractivity contribution >= 4 is 11.6 Å². The molecule has 1 aromatic carbocycles. The Labute approximate surface area is 126 Å². The second-order valence-corrected chi connectivity index (χ2v) is 4.70. The maximum absolute atomic E-state index is 12.1. The van der Waals surface area contributed by atoms with Crippen molar-refractivity contribution in [2.75, 3.05) is 32.1 Å². The number of anilines is 1. The number of rotatable bonds is 3. The van der Waals surface area contributed by atoms with E-state index in [9.17, 15) is 13.2 Å². The SMILES string of the molecule is CN=C(NCCC(F)(F)F)Nc1ccc2c(c1)OCCCO2. The molecule has 0 bridgehead atoms. The fraction of sp³-hybridized carbons (Fsp3) is 0.500. The Bertz CT molecular complexity index is 533. The molecule has 0 radical (unpaired) electrons. The summed E-state index contributed by atoms with van der Waals surface area (Å²) in [5.41, 5.74) is 0.657. The van der Waals surface area contributed by atoms with Crippen LogP contribution in [0.15, 0.2) is 23.2 Å². The van der Waals surface area contributed by atoms with Gasteiger partial charge in [0.2, 0.25) is 0 Å². The first-order valence-corrected chi connectivity index (χ1v) is 6.92. The molecule has 5 nitrogen and oxygen atoms in total. The van der Waals surface area contributed by atoms with Gasteiger partial charge in [0.1, 0.15) is 0 Å². The molecule has 1 heterocycles. The van der Waals surface area contributed by atoms with Crippen molar-refractivity contribution in [2.24, 2.45) is 4.99 Å². The molecule has 8 heteroatoms. The smallest absolute Gasteiger partial charge is 0.390 e. The highest BCUT2D eigenvalue weighted by molar-refractivity contribution is 5.93. The number of hydrogen-bond acceptors (Lipinski definition) is 3. The average Bonchev–Trinajstić information content (AvgIpc) is 2.69. The zero-order chi connectivity index (χ0) is 16.0. The Morgan fingerprint density at radius 2 is 1.95 bits per heavy atom. The minimum absolute atomic E-state index is 0.242. The van der Waals surface area contributed by atoms with Crippen LogP contribution in [-0.2, 0) is 0 Å². The van der Waals surface area contributed by atoms with E-state index in [2.05, 4.69) is 15.6 Å². The molecular weight excluding hydrogens is 299 g/mol. The predicted octanol–water partition coefficient (Wildman–Crippen LogP) is 2.79. The summed E-state index contributed by atoms with van der Waals surface area (Å²) in [5.74, 6) is 1.52. The maximum Gasteiger partial charge on any atom is 0.390 e. The van der Waals surface area contributed by atoms with Crippen molar-refractivity contribution in [3.8, 4) is 11.5 Å². The zero-order valence-corrected chi connectivity index (χ0v) is 12.2. The molecule has 0 aliphatic carbocycles. The number of fused-ring (bicyclic) bond motifs is 1. The topological polar surface area (TPSA) is 54.9 Å². The Morgan fingerprint density at radius 3 is 2.64 bits per heavy atom. The number of halogens is 3. The van der Waals surface area contributed by atoms with Crippen LogP contribution in [0.2, 0.25) is 0 Å². The largest absolute Gasteiger partial charge is 0.490 e. The Morgan fingerprint density at radius 1 is 1.23 bits per heavy atom. The first kappa shape index (κ1) is 16.3. The van der Waals surface area contributed by atoms with Crippen LogP contribution in [0.5, 0.6) is 11.5 Å². The van der Waals surface area contributed by atoms with Crippen LogP contribution in [0.25, 0.3) is 0 Å². The van der Waals surface area contributed by atoms with Crippen LogP contribution < -0.4 is 20.1 Å². The summed E-state index contributed by atoms with van der Waals surface area (Å²) in [6, 6.07) is 5.24. The van der Waals surface area contributed by atoms with Gasteiger partial charge in [0.25, 0.3) is 0 Å². The van der Waals surface area contributed by atoms with Gasteiger partial charge in [-0.05, 0) is 12.1 Å². The molecule has 22 heavy (non-hydrogen) atoms. The number of hydrogen-bond donors (Lipinski definition) is 2. The molecule has 1 aliphatic heterocycles. The van der Waals surface area contributed by atoms with Crippen LogP contribution in [0.3, 0.4) is 0 Å². The summed E-state index contributed by atoms with van der Waals surface area (Å²) in [6.45, 7) is 0.920. The van der Waals surface area contributed by atoms with E-state index in [1.807, 2.05) is 0 Å². The van der Waals surface area contributed by atoms with Gasteiger partial charge in [-0.15, -0.1) is 0 Å². The van der Waals surface area contributed by atoms with Crippen molar-refractivity contribution < 1.29 is 22.6 Å². The molecule has 0 saturated heterocycles. The molecule has 2 N–H and O–H groups in total. The van der Waals surface area contributed by atoms with E-state index in [0.29, 0.717) is 30.4 Å². The number of guanidine groups is 1. The summed E-state index contributed by atoms with van der Waals surface area (Å²) in [5, 5.41) is 5.54. The molecule has 0 atom stereocenters. The van der Waals surface area contributed by atoms with Crippen molar-refractivity contribution in [1.82, 2.24) is 5.32 Å². The van der Waals surface area contributed by atoms with Gasteiger partial charge in [-0.2, -0.15) is 13.2 Å². The minimum atomic E-state index is -4.19. The molecule has 0 aromatic heterocycles. The van der Waals surface area contributed by atoms with Gasteiger partial charge in [-0.3, -0.25) is 4.99 Å². The molecular formula is C14H18F3N3O2. The first-order chi connectivity index (χ1) is 10.5. The summed E-state index contributed by atoms with van der Waals surface area (Å²) < 4.78 is 47.5. The lowest BCUT2D eigenvalue weighted by molar-refractivity contribution is -0.132. The highest BCUT2D eigenvalue weighted by Gasteiger charge is 2.26. The van der Waals surface area contributed by atoms with E-state index < -0.39 is 12.6 Å². The van der Waals surface area contributed by atoms with Gasteiger partial charge in [-0.1, -0.05) is 0 Å². The number of alkyl halides is 3. The van der Waals surface area contributed by atoms with Gasteiger partial charge in [0.15, 0.2) is 17.5 Å². The number of benzene rings is 1. The second kappa shape index (κ2) is 7.24. The van der Waals surface area contributed by atoms with Gasteiger partial charge in [0.05, 0.1) is 19.6 Å². The van der Waals surface area contributed by atoms with E-state index in [0.717, 1.165) is 6.42 Å². The highest BCUT2D eigenvalue weighted by atomic mass is 19.4. The van der Waals surface area contributed by atoms with Gasteiger partial charge < -0.3 is 20.1 Å². The number of aliphatic imine (C=N–C) groups is 1. The Kier molecular flexibility index (Phi) is 5.35. The van der Waals surface area contributed by atoms with Crippen molar-refractivity contribution in [3.63, 3.8) is 0 Å². The average molecular weight is 317 g/mol. The highest BCUT2D eigenvalue weighted by Crippen LogP contribution is 2.32. The maximum atomic E-state index is 12.1. The fourth-order valence-electron chi connectivity index (χ4n) is 1.88. The monoisotopic (exact) mass is 317 g/mol. The molecule has 0 unspecified atom stereocenters. The Balaban J connectivity index is 1.95. The number of ether oxygens (including phenoxy) is 2. The van der Waals surface area contributed by atoms with Crippen molar-refractivity contribution in [3.05, 3.63) is 18.2 Å². The summed E-state index contributed by atoms with van der Waals surface area (Å²) in [6.07, 6.45) is -4.31. The van der Waals surface area contributed by atoms with Crippen LogP contribution in [0, 0.1) is 0 Å². The Hall–Kier alpha value is -2.12. The molecule has 0 spiro atoms. The predicted molar refractivity (Wildman–Crippen MR) is 77.7 cm³/mol. The third-order valence-corrected chi connectivity index (χ3v) is 2.93. The molecule has 1 aromatic rings. The quantitative estimate of drug-likeness (QED) is 0.665. The van der Waals surface area contributed by atoms with E-state index in [4.69, 9.17) is 9.47 Å². The summed E-state index contributed by atoms with van der Waals surface area (Å²) in [4.78, 5) is 3.89. The van der Waals surface area contributed by atoms with Crippen LogP contribution in [-0.4, -0.2) is 38.9 Å². The normalized spacial score (nSPS) is 15.2. The molecule has 0 amide bonds. The summed E-state index contributed by atoms with van der Waals surface area (Å²) >= 11 is 0. The molecule has 1 aliphatic rings. The molecule has 2 rings (SSSR count). The second-order valence-electron chi connectivity index (χ2n) is 4.70. The van der Waals surface area contributed by atoms with E-state index >= 15 is 0 Å². The van der Waals surface area contributed by atoms with Crippen LogP contribution >= 0.6 is 0 Å². The number of nitrogens with zero attached hydrogens (tertiary/aromatic N) is 1. The third kappa shape index (κ3) is 5.01. The van der Waals surface area contributed by atoms with Crippen molar-refractivity contribution in [1.29, 1.82) is 0 Å². The minimum Gasteiger partial charge on any atom is -0.490 e. The molecule has 122 valence electrons. The zero-order valence-electron chi connectivity index (χ0n) is 12.2.